The Morgan fingerprint density at radius 2 is 1.85 bits per heavy atom. The summed E-state index contributed by atoms with van der Waals surface area (Å²) in [5, 5.41) is 2.68. The number of thiazole rings is 1. The van der Waals surface area contributed by atoms with Crippen LogP contribution in [0.25, 0.3) is 0 Å². The second-order valence-corrected chi connectivity index (χ2v) is 12.1. The smallest absolute Gasteiger partial charge is 0.274 e. The summed E-state index contributed by atoms with van der Waals surface area (Å²) >= 11 is 1.48. The van der Waals surface area contributed by atoms with Gasteiger partial charge in [0.1, 0.15) is 10.7 Å². The van der Waals surface area contributed by atoms with Crippen molar-refractivity contribution in [3.8, 4) is 0 Å². The summed E-state index contributed by atoms with van der Waals surface area (Å²) < 4.78 is 25.5. The van der Waals surface area contributed by atoms with E-state index in [1.165, 1.54) is 11.3 Å². The first kappa shape index (κ1) is 28.7. The summed E-state index contributed by atoms with van der Waals surface area (Å²) in [6, 6.07) is -0.574. The van der Waals surface area contributed by atoms with Crippen LogP contribution in [0.4, 0.5) is 0 Å². The molecule has 0 radical (unpaired) electrons. The number of aromatic nitrogens is 1. The molecule has 0 aromatic carbocycles. The molecule has 1 aromatic rings. The van der Waals surface area contributed by atoms with E-state index in [0.717, 1.165) is 60.9 Å². The van der Waals surface area contributed by atoms with E-state index in [9.17, 15) is 18.0 Å². The Bertz CT molecular complexity index is 1000. The number of halogens is 1. The highest BCUT2D eigenvalue weighted by Crippen LogP contribution is 2.41. The molecule has 3 heterocycles. The van der Waals surface area contributed by atoms with Crippen molar-refractivity contribution in [3.63, 3.8) is 0 Å². The number of unbranched alkanes of at least 4 members (excludes halogenated alkanes) is 2. The van der Waals surface area contributed by atoms with E-state index < -0.39 is 27.9 Å². The van der Waals surface area contributed by atoms with E-state index in [1.54, 1.807) is 16.4 Å². The van der Waals surface area contributed by atoms with E-state index >= 15 is 0 Å². The molecular formula is C23H37ClN4O4S2. The van der Waals surface area contributed by atoms with E-state index in [-0.39, 0.29) is 30.8 Å². The maximum atomic E-state index is 13.4. The van der Waals surface area contributed by atoms with Gasteiger partial charge in [0.2, 0.25) is 15.9 Å². The van der Waals surface area contributed by atoms with E-state index in [1.807, 2.05) is 13.8 Å². The highest BCUT2D eigenvalue weighted by atomic mass is 35.5. The van der Waals surface area contributed by atoms with Crippen LogP contribution in [0.2, 0.25) is 0 Å². The summed E-state index contributed by atoms with van der Waals surface area (Å²) in [7, 11) is -3.75. The molecule has 0 saturated carbocycles. The van der Waals surface area contributed by atoms with Gasteiger partial charge in [-0.25, -0.2) is 17.7 Å². The number of nitrogens with zero attached hydrogens (tertiary/aromatic N) is 4. The van der Waals surface area contributed by atoms with Gasteiger partial charge in [-0.15, -0.1) is 23.7 Å². The maximum absolute atomic E-state index is 13.4. The van der Waals surface area contributed by atoms with Crippen LogP contribution < -0.4 is 0 Å². The molecule has 0 aliphatic carbocycles. The molecule has 1 fully saturated rings. The van der Waals surface area contributed by atoms with Gasteiger partial charge >= 0.3 is 0 Å². The Morgan fingerprint density at radius 3 is 2.38 bits per heavy atom. The molecule has 0 spiro atoms. The Morgan fingerprint density at radius 1 is 1.24 bits per heavy atom. The zero-order valence-corrected chi connectivity index (χ0v) is 23.1. The summed E-state index contributed by atoms with van der Waals surface area (Å²) in [4.78, 5) is 35.0. The van der Waals surface area contributed by atoms with Crippen LogP contribution in [0.3, 0.4) is 0 Å². The molecule has 2 atom stereocenters. The molecular weight excluding hydrogens is 496 g/mol. The molecule has 1 aromatic heterocycles. The highest BCUT2D eigenvalue weighted by Gasteiger charge is 2.54. The predicted molar refractivity (Wildman–Crippen MR) is 137 cm³/mol. The minimum Gasteiger partial charge on any atom is -0.324 e. The third-order valence-electron chi connectivity index (χ3n) is 6.29. The zero-order valence-electron chi connectivity index (χ0n) is 20.7. The number of hydrogen-bond acceptors (Lipinski definition) is 7. The van der Waals surface area contributed by atoms with Crippen LogP contribution in [0.5, 0.6) is 0 Å². The predicted octanol–water partition coefficient (Wildman–Crippen LogP) is 3.75. The molecule has 8 nitrogen and oxygen atoms in total. The van der Waals surface area contributed by atoms with Gasteiger partial charge in [-0.2, -0.15) is 0 Å². The van der Waals surface area contributed by atoms with Gasteiger partial charge in [0.05, 0.1) is 30.5 Å². The van der Waals surface area contributed by atoms with Gasteiger partial charge in [0.25, 0.3) is 5.91 Å². The Kier molecular flexibility index (Phi) is 10.1. The lowest BCUT2D eigenvalue weighted by molar-refractivity contribution is -0.128. The first-order valence-corrected chi connectivity index (χ1v) is 14.5. The van der Waals surface area contributed by atoms with Crippen molar-refractivity contribution in [1.82, 2.24) is 19.1 Å². The fraction of sp³-hybridized carbons (Fsp3) is 0.696. The van der Waals surface area contributed by atoms with Crippen molar-refractivity contribution >= 4 is 45.6 Å². The molecule has 1 saturated heterocycles. The summed E-state index contributed by atoms with van der Waals surface area (Å²) in [5.74, 6) is -1.41. The monoisotopic (exact) mass is 532 g/mol. The van der Waals surface area contributed by atoms with Crippen molar-refractivity contribution in [1.29, 1.82) is 0 Å². The maximum Gasteiger partial charge on any atom is 0.274 e. The first-order valence-electron chi connectivity index (χ1n) is 11.8. The van der Waals surface area contributed by atoms with Gasteiger partial charge in [-0.1, -0.05) is 40.5 Å². The second-order valence-electron chi connectivity index (χ2n) is 9.28. The molecule has 0 unspecified atom stereocenters. The quantitative estimate of drug-likeness (QED) is 0.431. The molecule has 2 amide bonds. The van der Waals surface area contributed by atoms with Crippen molar-refractivity contribution in [2.45, 2.75) is 66.0 Å². The van der Waals surface area contributed by atoms with Crippen LogP contribution >= 0.6 is 23.7 Å². The number of amides is 2. The van der Waals surface area contributed by atoms with Crippen LogP contribution in [0.15, 0.2) is 17.2 Å². The summed E-state index contributed by atoms with van der Waals surface area (Å²) in [5.41, 5.74) is 0.763. The fourth-order valence-corrected chi connectivity index (χ4v) is 6.46. The van der Waals surface area contributed by atoms with Gasteiger partial charge in [0.15, 0.2) is 0 Å². The molecule has 11 heteroatoms. The van der Waals surface area contributed by atoms with E-state index in [2.05, 4.69) is 23.7 Å². The van der Waals surface area contributed by atoms with E-state index in [4.69, 9.17) is 0 Å². The first-order chi connectivity index (χ1) is 15.6. The van der Waals surface area contributed by atoms with Crippen LogP contribution in [-0.4, -0.2) is 71.3 Å². The molecule has 34 heavy (non-hydrogen) atoms. The topological polar surface area (TPSA) is 90.9 Å². The summed E-state index contributed by atoms with van der Waals surface area (Å²) in [6.45, 7) is 11.2. The third-order valence-corrected chi connectivity index (χ3v) is 8.18. The SMILES string of the molecule is CCCCN(CCCC)Cc1nc(C(=O)N2CC=C3[C@@H]2[C@H](C(C)C)C(=O)N3S(C)(=O)=O)cs1.Cl. The lowest BCUT2D eigenvalue weighted by Gasteiger charge is -2.28. The molecule has 192 valence electrons. The highest BCUT2D eigenvalue weighted by molar-refractivity contribution is 7.89. The van der Waals surface area contributed by atoms with Crippen molar-refractivity contribution in [2.75, 3.05) is 25.9 Å². The molecule has 3 rings (SSSR count). The second kappa shape index (κ2) is 12.0. The third kappa shape index (κ3) is 6.01. The number of rotatable bonds is 11. The number of hydrogen-bond donors (Lipinski definition) is 0. The van der Waals surface area contributed by atoms with Crippen LogP contribution in [0.1, 0.15) is 68.9 Å². The van der Waals surface area contributed by atoms with Crippen molar-refractivity contribution in [2.24, 2.45) is 11.8 Å². The number of fused-ring (bicyclic) bond motifs is 1. The zero-order chi connectivity index (χ0) is 24.3. The Hall–Kier alpha value is -1.49. The molecule has 0 bridgehead atoms. The van der Waals surface area contributed by atoms with Gasteiger partial charge in [-0.3, -0.25) is 14.5 Å². The largest absolute Gasteiger partial charge is 0.324 e. The number of carbonyl (C=O) groups is 2. The van der Waals surface area contributed by atoms with Crippen molar-refractivity contribution < 1.29 is 18.0 Å². The Labute approximate surface area is 213 Å². The minimum atomic E-state index is -3.75. The average Bonchev–Trinajstić information content (AvgIpc) is 3.42. The standard InChI is InChI=1S/C23H36N4O4S2.ClH/c1-6-8-11-25(12-9-7-2)14-19-24-17(15-32-19)22(28)26-13-10-18-21(26)20(16(3)4)23(29)27(18)33(5,30)31;/h10,15-16,20-21H,6-9,11-14H2,1-5H3;1H/t20-,21+;/m0./s1. The van der Waals surface area contributed by atoms with E-state index in [0.29, 0.717) is 11.4 Å². The van der Waals surface area contributed by atoms with Gasteiger partial charge < -0.3 is 4.90 Å². The Balaban J connectivity index is 0.00000408. The minimum absolute atomic E-state index is 0. The van der Waals surface area contributed by atoms with Crippen LogP contribution in [-0.2, 0) is 21.4 Å². The fourth-order valence-electron chi connectivity index (χ4n) is 4.63. The van der Waals surface area contributed by atoms with Crippen molar-refractivity contribution in [3.05, 3.63) is 27.9 Å². The lowest BCUT2D eigenvalue weighted by Crippen LogP contribution is -2.43. The van der Waals surface area contributed by atoms with Gasteiger partial charge in [0, 0.05) is 11.9 Å². The lowest BCUT2D eigenvalue weighted by atomic mass is 9.89. The van der Waals surface area contributed by atoms with Crippen LogP contribution in [0, 0.1) is 11.8 Å². The number of sulfonamides is 1. The number of carbonyl (C=O) groups excluding carboxylic acids is 2. The summed E-state index contributed by atoms with van der Waals surface area (Å²) in [6.07, 6.45) is 7.25. The molecule has 2 aliphatic heterocycles. The molecule has 0 N–H and O–H groups in total. The van der Waals surface area contributed by atoms with Gasteiger partial charge in [-0.05, 0) is 37.9 Å². The molecule has 2 aliphatic rings. The average molecular weight is 533 g/mol. The normalized spacial score (nSPS) is 20.2.